The molecule has 0 heterocycles. The summed E-state index contributed by atoms with van der Waals surface area (Å²) < 4.78 is 1.58. The van der Waals surface area contributed by atoms with Gasteiger partial charge in [-0.05, 0) is 0 Å². The average Bonchev–Trinajstić information content (AvgIpc) is 2.94. The van der Waals surface area contributed by atoms with Gasteiger partial charge in [-0.2, -0.15) is 0 Å². The molecular weight excluding hydrogens is 483 g/mol. The predicted octanol–water partition coefficient (Wildman–Crippen LogP) is -3.40. The van der Waals surface area contributed by atoms with E-state index in [2.05, 4.69) is 104 Å². The van der Waals surface area contributed by atoms with Gasteiger partial charge in [-0.15, -0.1) is 0 Å². The average molecular weight is 514 g/mol. The molecular formula is C25H31Cl3SiTi. The SMILES string of the molecule is CCCC1=[C]([Ti+3])CC=C1[Si](C)(c1cc(C)cc(C)c1)c1cc(C)cc(C)c1.[Cl-].[Cl-].[Cl-]. The van der Waals surface area contributed by atoms with Gasteiger partial charge >= 0.3 is 179 Å². The first kappa shape index (κ1) is 29.7. The van der Waals surface area contributed by atoms with Gasteiger partial charge in [0.1, 0.15) is 0 Å². The van der Waals surface area contributed by atoms with Crippen molar-refractivity contribution in [3.8, 4) is 0 Å². The number of hydrogen-bond donors (Lipinski definition) is 0. The van der Waals surface area contributed by atoms with Crippen LogP contribution >= 0.6 is 0 Å². The maximum atomic E-state index is 2.58. The first-order valence-corrected chi connectivity index (χ1v) is 13.4. The van der Waals surface area contributed by atoms with Crippen LogP contribution in [0.3, 0.4) is 0 Å². The molecule has 2 aromatic carbocycles. The first-order valence-electron chi connectivity index (χ1n) is 10.1. The van der Waals surface area contributed by atoms with E-state index >= 15 is 0 Å². The third-order valence-corrected chi connectivity index (χ3v) is 11.1. The Hall–Kier alpha value is -0.279. The summed E-state index contributed by atoms with van der Waals surface area (Å²) in [6.45, 7) is 13.8. The molecule has 30 heavy (non-hydrogen) atoms. The number of aryl methyl sites for hydroxylation is 4. The van der Waals surface area contributed by atoms with Crippen LogP contribution < -0.4 is 47.6 Å². The van der Waals surface area contributed by atoms with Crippen LogP contribution in [0.1, 0.15) is 48.4 Å². The smallest absolute Gasteiger partial charge is 1.00 e. The van der Waals surface area contributed by atoms with Crippen molar-refractivity contribution < 1.29 is 57.7 Å². The first-order chi connectivity index (χ1) is 12.8. The molecule has 1 aliphatic rings. The molecule has 2 aromatic rings. The van der Waals surface area contributed by atoms with Gasteiger partial charge in [0.2, 0.25) is 0 Å². The Morgan fingerprint density at radius 3 is 1.53 bits per heavy atom. The molecule has 0 fully saturated rings. The van der Waals surface area contributed by atoms with E-state index in [9.17, 15) is 0 Å². The Bertz CT molecular complexity index is 855. The molecule has 0 aromatic heterocycles. The minimum absolute atomic E-state index is 0. The Morgan fingerprint density at radius 1 is 0.767 bits per heavy atom. The molecule has 3 rings (SSSR count). The van der Waals surface area contributed by atoms with Crippen LogP contribution in [0, 0.1) is 27.7 Å². The molecule has 0 aliphatic heterocycles. The number of halogens is 3. The van der Waals surface area contributed by atoms with E-state index in [0.717, 1.165) is 6.42 Å². The molecule has 5 heteroatoms. The molecule has 0 N–H and O–H groups in total. The van der Waals surface area contributed by atoms with Crippen molar-refractivity contribution in [3.63, 3.8) is 0 Å². The van der Waals surface area contributed by atoms with Gasteiger partial charge in [-0.25, -0.2) is 0 Å². The van der Waals surface area contributed by atoms with Crippen LogP contribution in [0.4, 0.5) is 0 Å². The van der Waals surface area contributed by atoms with Gasteiger partial charge in [0.25, 0.3) is 0 Å². The van der Waals surface area contributed by atoms with Gasteiger partial charge in [0.05, 0.1) is 0 Å². The van der Waals surface area contributed by atoms with Crippen molar-refractivity contribution >= 4 is 18.4 Å². The van der Waals surface area contributed by atoms with Gasteiger partial charge in [0, 0.05) is 0 Å². The Kier molecular flexibility index (Phi) is 12.0. The Balaban J connectivity index is 0.00000280. The van der Waals surface area contributed by atoms with E-state index < -0.39 is 8.07 Å². The third-order valence-electron chi connectivity index (χ3n) is 5.84. The van der Waals surface area contributed by atoms with E-state index in [1.807, 2.05) is 0 Å². The molecule has 0 unspecified atom stereocenters. The standard InChI is InChI=1S/C25H31Si.3ClH.Ti/c1-7-9-22-10-8-11-25(22)26(6,23-14-18(2)12-19(3)15-23)24-16-20(4)13-21(5)17-24;;;;/h11-17H,7-9H2,1-6H3;3*1H;/q;;;;+3/p-3. The summed E-state index contributed by atoms with van der Waals surface area (Å²) in [5.74, 6) is 0. The van der Waals surface area contributed by atoms with Gasteiger partial charge in [-0.3, -0.25) is 0 Å². The fraction of sp³-hybridized carbons (Fsp3) is 0.360. The number of rotatable bonds is 5. The second-order valence-electron chi connectivity index (χ2n) is 8.41. The molecule has 0 saturated heterocycles. The summed E-state index contributed by atoms with van der Waals surface area (Å²) in [4.78, 5) is 0. The minimum Gasteiger partial charge on any atom is -1.00 e. The molecule has 0 nitrogen and oxygen atoms in total. The van der Waals surface area contributed by atoms with Crippen LogP contribution in [0.25, 0.3) is 0 Å². The molecule has 1 aliphatic carbocycles. The second kappa shape index (κ2) is 12.1. The maximum absolute atomic E-state index is 2.58. The number of benzene rings is 2. The fourth-order valence-corrected chi connectivity index (χ4v) is 9.83. The van der Waals surface area contributed by atoms with E-state index in [4.69, 9.17) is 0 Å². The van der Waals surface area contributed by atoms with Crippen LogP contribution in [0.15, 0.2) is 57.1 Å². The normalized spacial score (nSPS) is 13.3. The van der Waals surface area contributed by atoms with Crippen LogP contribution in [0.2, 0.25) is 6.55 Å². The van der Waals surface area contributed by atoms with Gasteiger partial charge in [-0.1, -0.05) is 0 Å². The Labute approximate surface area is 214 Å². The van der Waals surface area contributed by atoms with Gasteiger partial charge in [0.15, 0.2) is 0 Å². The van der Waals surface area contributed by atoms with E-state index in [0.29, 0.717) is 0 Å². The zero-order valence-electron chi connectivity index (χ0n) is 18.8. The monoisotopic (exact) mass is 512 g/mol. The maximum Gasteiger partial charge on any atom is -1.00 e. The minimum atomic E-state index is -2.03. The molecule has 0 spiro atoms. The number of allylic oxidation sites excluding steroid dienone is 4. The van der Waals surface area contributed by atoms with Crippen molar-refractivity contribution in [2.24, 2.45) is 0 Å². The molecule has 0 saturated carbocycles. The van der Waals surface area contributed by atoms with E-state index in [-0.39, 0.29) is 37.2 Å². The summed E-state index contributed by atoms with van der Waals surface area (Å²) in [5, 5.41) is 4.77. The van der Waals surface area contributed by atoms with Crippen molar-refractivity contribution in [2.45, 2.75) is 60.4 Å². The summed E-state index contributed by atoms with van der Waals surface area (Å²) in [6, 6.07) is 14.4. The van der Waals surface area contributed by atoms with Crippen LogP contribution in [0.5, 0.6) is 0 Å². The topological polar surface area (TPSA) is 0 Å². The third kappa shape index (κ3) is 5.94. The van der Waals surface area contributed by atoms with Crippen LogP contribution in [-0.2, 0) is 20.4 Å². The van der Waals surface area contributed by atoms with Crippen LogP contribution in [-0.4, -0.2) is 8.07 Å². The largest absolute Gasteiger partial charge is 1.00 e. The molecule has 0 radical (unpaired) electrons. The zero-order valence-corrected chi connectivity index (χ0v) is 23.6. The molecule has 0 atom stereocenters. The molecule has 160 valence electrons. The van der Waals surface area contributed by atoms with Gasteiger partial charge < -0.3 is 37.2 Å². The van der Waals surface area contributed by atoms with Crippen molar-refractivity contribution in [2.75, 3.05) is 0 Å². The van der Waals surface area contributed by atoms with E-state index in [1.54, 1.807) is 25.0 Å². The summed E-state index contributed by atoms with van der Waals surface area (Å²) in [6.07, 6.45) is 6.11. The van der Waals surface area contributed by atoms with Crippen molar-refractivity contribution in [3.05, 3.63) is 79.4 Å². The second-order valence-corrected chi connectivity index (χ2v) is 13.3. The quantitative estimate of drug-likeness (QED) is 0.366. The number of hydrogen-bond acceptors (Lipinski definition) is 0. The summed E-state index contributed by atoms with van der Waals surface area (Å²) in [5.41, 5.74) is 7.16. The summed E-state index contributed by atoms with van der Waals surface area (Å²) in [7, 11) is -2.03. The molecule has 0 bridgehead atoms. The Morgan fingerprint density at radius 2 is 1.17 bits per heavy atom. The zero-order chi connectivity index (χ0) is 19.8. The fourth-order valence-electron chi connectivity index (χ4n) is 4.66. The van der Waals surface area contributed by atoms with Crippen molar-refractivity contribution in [1.82, 2.24) is 0 Å². The van der Waals surface area contributed by atoms with Crippen molar-refractivity contribution in [1.29, 1.82) is 0 Å². The summed E-state index contributed by atoms with van der Waals surface area (Å²) >= 11 is 2.34. The predicted molar refractivity (Wildman–Crippen MR) is 117 cm³/mol. The molecule has 0 amide bonds. The van der Waals surface area contributed by atoms with E-state index in [1.165, 1.54) is 35.1 Å².